The number of piperazine rings is 1. The van der Waals surface area contributed by atoms with Crippen LogP contribution in [0.2, 0.25) is 0 Å². The fourth-order valence-corrected chi connectivity index (χ4v) is 3.67. The molecule has 1 N–H and O–H groups in total. The van der Waals surface area contributed by atoms with Gasteiger partial charge in [-0.15, -0.1) is 0 Å². The van der Waals surface area contributed by atoms with Gasteiger partial charge < -0.3 is 15.1 Å². The van der Waals surface area contributed by atoms with Gasteiger partial charge in [-0.25, -0.2) is 0 Å². The standard InChI is InChI=1S/C20H28N4O3/c1-2-18(25)23-12-10-22(11-13-23)9-8-21-20(27)16-14-19(26)24(15-16)17-6-4-3-5-7-17/h3-7,16H,2,8-15H2,1H3,(H,21,27). The van der Waals surface area contributed by atoms with E-state index in [1.165, 1.54) is 0 Å². The van der Waals surface area contributed by atoms with E-state index in [9.17, 15) is 14.4 Å². The van der Waals surface area contributed by atoms with Crippen LogP contribution in [0.4, 0.5) is 5.69 Å². The summed E-state index contributed by atoms with van der Waals surface area (Å²) in [6.07, 6.45) is 0.814. The lowest BCUT2D eigenvalue weighted by atomic mass is 10.1. The van der Waals surface area contributed by atoms with Gasteiger partial charge in [0.2, 0.25) is 17.7 Å². The van der Waals surface area contributed by atoms with Crippen molar-refractivity contribution in [1.82, 2.24) is 15.1 Å². The summed E-state index contributed by atoms with van der Waals surface area (Å²) in [4.78, 5) is 42.2. The van der Waals surface area contributed by atoms with Crippen LogP contribution >= 0.6 is 0 Å². The fourth-order valence-electron chi connectivity index (χ4n) is 3.67. The van der Waals surface area contributed by atoms with E-state index >= 15 is 0 Å². The minimum absolute atomic E-state index is 0.00179. The molecule has 2 saturated heterocycles. The third kappa shape index (κ3) is 4.86. The number of carbonyl (C=O) groups is 3. The summed E-state index contributed by atoms with van der Waals surface area (Å²) in [6.45, 7) is 6.84. The summed E-state index contributed by atoms with van der Waals surface area (Å²) >= 11 is 0. The molecule has 2 aliphatic heterocycles. The summed E-state index contributed by atoms with van der Waals surface area (Å²) in [7, 11) is 0. The number of amides is 3. The second-order valence-electron chi connectivity index (χ2n) is 7.11. The van der Waals surface area contributed by atoms with E-state index in [0.717, 1.165) is 38.4 Å². The minimum Gasteiger partial charge on any atom is -0.355 e. The van der Waals surface area contributed by atoms with Gasteiger partial charge in [-0.3, -0.25) is 19.3 Å². The zero-order valence-electron chi connectivity index (χ0n) is 15.9. The van der Waals surface area contributed by atoms with Crippen LogP contribution in [0.1, 0.15) is 19.8 Å². The minimum atomic E-state index is -0.295. The van der Waals surface area contributed by atoms with Crippen molar-refractivity contribution < 1.29 is 14.4 Å². The van der Waals surface area contributed by atoms with Gasteiger partial charge in [0.05, 0.1) is 5.92 Å². The number of nitrogens with one attached hydrogen (secondary N) is 1. The molecular formula is C20H28N4O3. The highest BCUT2D eigenvalue weighted by Gasteiger charge is 2.34. The maximum absolute atomic E-state index is 12.4. The van der Waals surface area contributed by atoms with Crippen molar-refractivity contribution in [3.63, 3.8) is 0 Å². The lowest BCUT2D eigenvalue weighted by Gasteiger charge is -2.34. The molecule has 2 aliphatic rings. The molecule has 2 heterocycles. The lowest BCUT2D eigenvalue weighted by molar-refractivity contribution is -0.132. The molecule has 0 aromatic heterocycles. The number of carbonyl (C=O) groups excluding carboxylic acids is 3. The highest BCUT2D eigenvalue weighted by Crippen LogP contribution is 2.24. The van der Waals surface area contributed by atoms with Crippen LogP contribution < -0.4 is 10.2 Å². The molecule has 7 nitrogen and oxygen atoms in total. The molecule has 0 bridgehead atoms. The van der Waals surface area contributed by atoms with Crippen molar-refractivity contribution in [2.45, 2.75) is 19.8 Å². The van der Waals surface area contributed by atoms with Crippen LogP contribution in [0.3, 0.4) is 0 Å². The van der Waals surface area contributed by atoms with Crippen molar-refractivity contribution in [1.29, 1.82) is 0 Å². The Balaban J connectivity index is 1.39. The summed E-state index contributed by atoms with van der Waals surface area (Å²) in [6, 6.07) is 9.47. The van der Waals surface area contributed by atoms with Crippen LogP contribution in [0, 0.1) is 5.92 Å². The zero-order valence-corrected chi connectivity index (χ0v) is 15.9. The van der Waals surface area contributed by atoms with E-state index in [1.807, 2.05) is 42.2 Å². The van der Waals surface area contributed by atoms with Gasteiger partial charge in [0, 0.05) is 64.3 Å². The first kappa shape index (κ1) is 19.4. The van der Waals surface area contributed by atoms with Crippen LogP contribution in [-0.2, 0) is 14.4 Å². The van der Waals surface area contributed by atoms with Crippen molar-refractivity contribution >= 4 is 23.4 Å². The molecule has 2 fully saturated rings. The zero-order chi connectivity index (χ0) is 19.2. The molecule has 7 heteroatoms. The molecule has 0 spiro atoms. The SMILES string of the molecule is CCC(=O)N1CCN(CCNC(=O)C2CC(=O)N(c3ccccc3)C2)CC1. The van der Waals surface area contributed by atoms with Gasteiger partial charge in [0.25, 0.3) is 0 Å². The second-order valence-corrected chi connectivity index (χ2v) is 7.11. The van der Waals surface area contributed by atoms with Crippen LogP contribution in [0.15, 0.2) is 30.3 Å². The Morgan fingerprint density at radius 2 is 1.81 bits per heavy atom. The number of anilines is 1. The predicted molar refractivity (Wildman–Crippen MR) is 103 cm³/mol. The van der Waals surface area contributed by atoms with Gasteiger partial charge in [-0.05, 0) is 12.1 Å². The fraction of sp³-hybridized carbons (Fsp3) is 0.550. The molecule has 1 aromatic carbocycles. The first-order valence-electron chi connectivity index (χ1n) is 9.71. The summed E-state index contributed by atoms with van der Waals surface area (Å²) in [5, 5.41) is 2.97. The quantitative estimate of drug-likeness (QED) is 0.798. The van der Waals surface area contributed by atoms with Gasteiger partial charge in [0.15, 0.2) is 0 Å². The topological polar surface area (TPSA) is 73.0 Å². The Labute approximate surface area is 160 Å². The molecule has 3 rings (SSSR count). The molecule has 0 saturated carbocycles. The average Bonchev–Trinajstić information content (AvgIpc) is 3.10. The molecule has 1 aromatic rings. The largest absolute Gasteiger partial charge is 0.355 e. The Bertz CT molecular complexity index is 671. The Morgan fingerprint density at radius 1 is 1.11 bits per heavy atom. The second kappa shape index (κ2) is 8.99. The molecule has 3 amide bonds. The first-order chi connectivity index (χ1) is 13.1. The van der Waals surface area contributed by atoms with E-state index in [2.05, 4.69) is 10.2 Å². The summed E-state index contributed by atoms with van der Waals surface area (Å²) in [5.41, 5.74) is 0.845. The highest BCUT2D eigenvalue weighted by molar-refractivity contribution is 6.00. The number of nitrogens with zero attached hydrogens (tertiary/aromatic N) is 3. The Kier molecular flexibility index (Phi) is 6.45. The number of hydrogen-bond acceptors (Lipinski definition) is 4. The van der Waals surface area contributed by atoms with Crippen molar-refractivity contribution in [3.05, 3.63) is 30.3 Å². The number of benzene rings is 1. The van der Waals surface area contributed by atoms with E-state index in [-0.39, 0.29) is 30.1 Å². The Hall–Kier alpha value is -2.41. The monoisotopic (exact) mass is 372 g/mol. The normalized spacial score (nSPS) is 20.8. The van der Waals surface area contributed by atoms with Crippen LogP contribution in [-0.4, -0.2) is 73.3 Å². The Morgan fingerprint density at radius 3 is 2.48 bits per heavy atom. The van der Waals surface area contributed by atoms with E-state index in [1.54, 1.807) is 4.90 Å². The smallest absolute Gasteiger partial charge is 0.227 e. The third-order valence-corrected chi connectivity index (χ3v) is 5.32. The van der Waals surface area contributed by atoms with E-state index < -0.39 is 0 Å². The molecule has 146 valence electrons. The van der Waals surface area contributed by atoms with Crippen LogP contribution in [0.25, 0.3) is 0 Å². The number of para-hydroxylation sites is 1. The maximum Gasteiger partial charge on any atom is 0.227 e. The summed E-state index contributed by atoms with van der Waals surface area (Å²) < 4.78 is 0. The number of hydrogen-bond donors (Lipinski definition) is 1. The lowest BCUT2D eigenvalue weighted by Crippen LogP contribution is -2.50. The van der Waals surface area contributed by atoms with Gasteiger partial charge in [0.1, 0.15) is 0 Å². The molecule has 1 unspecified atom stereocenters. The van der Waals surface area contributed by atoms with Crippen molar-refractivity contribution in [2.75, 3.05) is 50.7 Å². The predicted octanol–water partition coefficient (Wildman–Crippen LogP) is 0.710. The van der Waals surface area contributed by atoms with Gasteiger partial charge >= 0.3 is 0 Å². The molecule has 1 atom stereocenters. The maximum atomic E-state index is 12.4. The van der Waals surface area contributed by atoms with Crippen LogP contribution in [0.5, 0.6) is 0 Å². The van der Waals surface area contributed by atoms with E-state index in [0.29, 0.717) is 19.5 Å². The van der Waals surface area contributed by atoms with E-state index in [4.69, 9.17) is 0 Å². The highest BCUT2D eigenvalue weighted by atomic mass is 16.2. The summed E-state index contributed by atoms with van der Waals surface area (Å²) in [5.74, 6) is -0.145. The molecule has 0 aliphatic carbocycles. The van der Waals surface area contributed by atoms with Gasteiger partial charge in [-0.2, -0.15) is 0 Å². The molecule has 0 radical (unpaired) electrons. The average molecular weight is 372 g/mol. The van der Waals surface area contributed by atoms with Crippen molar-refractivity contribution in [3.8, 4) is 0 Å². The molecule has 27 heavy (non-hydrogen) atoms. The molecular weight excluding hydrogens is 344 g/mol. The third-order valence-electron chi connectivity index (χ3n) is 5.32. The number of rotatable bonds is 6. The van der Waals surface area contributed by atoms with Crippen molar-refractivity contribution in [2.24, 2.45) is 5.92 Å². The first-order valence-corrected chi connectivity index (χ1v) is 9.71. The van der Waals surface area contributed by atoms with Gasteiger partial charge in [-0.1, -0.05) is 25.1 Å².